The number of carboxylic acid groups (broad SMARTS) is 1. The molecule has 21 heavy (non-hydrogen) atoms. The zero-order valence-electron chi connectivity index (χ0n) is 12.2. The Hall–Kier alpha value is -2.09. The summed E-state index contributed by atoms with van der Waals surface area (Å²) >= 11 is 0. The standard InChI is InChI=1S/C13H21N5O3/c1-17(2)10-3-4-18(7-10)13(21)16-11(12(19)20)5-9-6-14-8-15-9/h6,8,10-11H,3-5,7H2,1-2H3,(H,14,15)(H,16,21)(H,19,20). The number of carbonyl (C=O) groups excluding carboxylic acids is 1. The molecule has 1 aliphatic heterocycles. The number of aliphatic carboxylic acids is 1. The molecule has 2 rings (SSSR count). The van der Waals surface area contributed by atoms with Crippen LogP contribution in [0, 0.1) is 0 Å². The van der Waals surface area contributed by atoms with Gasteiger partial charge in [0.2, 0.25) is 0 Å². The summed E-state index contributed by atoms with van der Waals surface area (Å²) in [5.74, 6) is -1.05. The summed E-state index contributed by atoms with van der Waals surface area (Å²) in [6.45, 7) is 1.26. The molecule has 0 radical (unpaired) electrons. The van der Waals surface area contributed by atoms with Gasteiger partial charge in [-0.1, -0.05) is 0 Å². The number of hydrogen-bond donors (Lipinski definition) is 3. The van der Waals surface area contributed by atoms with Crippen LogP contribution in [-0.4, -0.2) is 76.1 Å². The number of H-pyrrole nitrogens is 1. The average molecular weight is 295 g/mol. The fourth-order valence-electron chi connectivity index (χ4n) is 2.40. The molecule has 2 atom stereocenters. The number of aromatic nitrogens is 2. The fourth-order valence-corrected chi connectivity index (χ4v) is 2.40. The number of rotatable bonds is 5. The van der Waals surface area contributed by atoms with Gasteiger partial charge in [-0.05, 0) is 20.5 Å². The van der Waals surface area contributed by atoms with E-state index in [1.807, 2.05) is 14.1 Å². The molecule has 2 unspecified atom stereocenters. The van der Waals surface area contributed by atoms with Gasteiger partial charge in [-0.2, -0.15) is 0 Å². The van der Waals surface area contributed by atoms with Gasteiger partial charge in [-0.25, -0.2) is 14.6 Å². The van der Waals surface area contributed by atoms with Crippen LogP contribution in [0.5, 0.6) is 0 Å². The van der Waals surface area contributed by atoms with Crippen LogP contribution in [0.3, 0.4) is 0 Å². The van der Waals surface area contributed by atoms with E-state index in [0.717, 1.165) is 6.42 Å². The molecule has 1 aliphatic rings. The highest BCUT2D eigenvalue weighted by atomic mass is 16.4. The average Bonchev–Trinajstić information content (AvgIpc) is 3.08. The number of hydrogen-bond acceptors (Lipinski definition) is 4. The molecule has 0 aromatic carbocycles. The van der Waals surface area contributed by atoms with Gasteiger partial charge in [-0.3, -0.25) is 0 Å². The molecule has 2 amide bonds. The summed E-state index contributed by atoms with van der Waals surface area (Å²) < 4.78 is 0. The lowest BCUT2D eigenvalue weighted by molar-refractivity contribution is -0.139. The third kappa shape index (κ3) is 3.94. The van der Waals surface area contributed by atoms with Crippen molar-refractivity contribution in [2.45, 2.75) is 24.9 Å². The molecule has 3 N–H and O–H groups in total. The number of aromatic amines is 1. The molecule has 2 heterocycles. The van der Waals surface area contributed by atoms with E-state index in [1.165, 1.54) is 6.33 Å². The second kappa shape index (κ2) is 6.57. The minimum atomic E-state index is -1.05. The number of nitrogens with one attached hydrogen (secondary N) is 2. The molecule has 0 bridgehead atoms. The summed E-state index contributed by atoms with van der Waals surface area (Å²) in [7, 11) is 3.95. The highest BCUT2D eigenvalue weighted by molar-refractivity contribution is 5.83. The van der Waals surface area contributed by atoms with E-state index in [2.05, 4.69) is 20.2 Å². The first-order chi connectivity index (χ1) is 9.97. The zero-order valence-corrected chi connectivity index (χ0v) is 12.2. The van der Waals surface area contributed by atoms with Crippen molar-refractivity contribution in [3.63, 3.8) is 0 Å². The quantitative estimate of drug-likeness (QED) is 0.695. The number of carbonyl (C=O) groups is 2. The highest BCUT2D eigenvalue weighted by Gasteiger charge is 2.30. The SMILES string of the molecule is CN(C)C1CCN(C(=O)NC(Cc2cnc[nH]2)C(=O)O)C1. The number of nitrogens with zero attached hydrogens (tertiary/aromatic N) is 3. The molecule has 1 aromatic heterocycles. The van der Waals surface area contributed by atoms with Crippen LogP contribution in [0.1, 0.15) is 12.1 Å². The van der Waals surface area contributed by atoms with E-state index < -0.39 is 12.0 Å². The Morgan fingerprint density at radius 2 is 2.38 bits per heavy atom. The zero-order chi connectivity index (χ0) is 15.4. The Morgan fingerprint density at radius 3 is 2.90 bits per heavy atom. The van der Waals surface area contributed by atoms with E-state index in [4.69, 9.17) is 0 Å². The Labute approximate surface area is 123 Å². The predicted molar refractivity (Wildman–Crippen MR) is 75.9 cm³/mol. The van der Waals surface area contributed by atoms with Gasteiger partial charge < -0.3 is 25.2 Å². The van der Waals surface area contributed by atoms with Crippen molar-refractivity contribution in [1.82, 2.24) is 25.1 Å². The van der Waals surface area contributed by atoms with Crippen molar-refractivity contribution < 1.29 is 14.7 Å². The minimum Gasteiger partial charge on any atom is -0.480 e. The monoisotopic (exact) mass is 295 g/mol. The molecular weight excluding hydrogens is 274 g/mol. The number of imidazole rings is 1. The number of urea groups is 1. The maximum atomic E-state index is 12.2. The van der Waals surface area contributed by atoms with Gasteiger partial charge in [0.05, 0.1) is 6.33 Å². The summed E-state index contributed by atoms with van der Waals surface area (Å²) in [6.07, 6.45) is 4.13. The predicted octanol–water partition coefficient (Wildman–Crippen LogP) is -0.249. The van der Waals surface area contributed by atoms with Crippen molar-refractivity contribution in [1.29, 1.82) is 0 Å². The third-order valence-corrected chi connectivity index (χ3v) is 3.76. The lowest BCUT2D eigenvalue weighted by Crippen LogP contribution is -2.48. The Bertz CT molecular complexity index is 488. The largest absolute Gasteiger partial charge is 0.480 e. The van der Waals surface area contributed by atoms with Crippen LogP contribution >= 0.6 is 0 Å². The van der Waals surface area contributed by atoms with Gasteiger partial charge in [0.25, 0.3) is 0 Å². The first-order valence-corrected chi connectivity index (χ1v) is 6.89. The van der Waals surface area contributed by atoms with Gasteiger partial charge in [-0.15, -0.1) is 0 Å². The van der Waals surface area contributed by atoms with Crippen LogP contribution in [0.2, 0.25) is 0 Å². The van der Waals surface area contributed by atoms with E-state index >= 15 is 0 Å². The number of carboxylic acids is 1. The third-order valence-electron chi connectivity index (χ3n) is 3.76. The maximum Gasteiger partial charge on any atom is 0.326 e. The Kier molecular flexibility index (Phi) is 4.79. The minimum absolute atomic E-state index is 0.187. The molecule has 0 aliphatic carbocycles. The maximum absolute atomic E-state index is 12.2. The highest BCUT2D eigenvalue weighted by Crippen LogP contribution is 2.13. The normalized spacial score (nSPS) is 19.8. The second-order valence-electron chi connectivity index (χ2n) is 5.47. The molecule has 8 nitrogen and oxygen atoms in total. The van der Waals surface area contributed by atoms with Crippen molar-refractivity contribution in [2.24, 2.45) is 0 Å². The summed E-state index contributed by atoms with van der Waals surface area (Å²) in [5, 5.41) is 11.8. The van der Waals surface area contributed by atoms with E-state index in [9.17, 15) is 14.7 Å². The molecule has 0 spiro atoms. The van der Waals surface area contributed by atoms with Crippen molar-refractivity contribution in [2.75, 3.05) is 27.2 Å². The number of likely N-dealkylation sites (N-methyl/N-ethyl adjacent to an activating group) is 1. The molecule has 116 valence electrons. The van der Waals surface area contributed by atoms with E-state index in [-0.39, 0.29) is 12.5 Å². The lowest BCUT2D eigenvalue weighted by atomic mass is 10.1. The molecular formula is C13H21N5O3. The van der Waals surface area contributed by atoms with Gasteiger partial charge in [0.15, 0.2) is 0 Å². The van der Waals surface area contributed by atoms with E-state index in [0.29, 0.717) is 24.8 Å². The molecule has 1 saturated heterocycles. The van der Waals surface area contributed by atoms with Crippen LogP contribution in [0.25, 0.3) is 0 Å². The topological polar surface area (TPSA) is 102 Å². The van der Waals surface area contributed by atoms with E-state index in [1.54, 1.807) is 11.1 Å². The van der Waals surface area contributed by atoms with Gasteiger partial charge >= 0.3 is 12.0 Å². The Morgan fingerprint density at radius 1 is 1.62 bits per heavy atom. The van der Waals surface area contributed by atoms with Crippen molar-refractivity contribution in [3.05, 3.63) is 18.2 Å². The van der Waals surface area contributed by atoms with Crippen LogP contribution in [0.4, 0.5) is 4.79 Å². The fraction of sp³-hybridized carbons (Fsp3) is 0.615. The van der Waals surface area contributed by atoms with Crippen LogP contribution in [0.15, 0.2) is 12.5 Å². The first kappa shape index (κ1) is 15.3. The molecule has 0 saturated carbocycles. The van der Waals surface area contributed by atoms with Gasteiger partial charge in [0, 0.05) is 37.4 Å². The second-order valence-corrected chi connectivity index (χ2v) is 5.47. The van der Waals surface area contributed by atoms with Crippen molar-refractivity contribution in [3.8, 4) is 0 Å². The lowest BCUT2D eigenvalue weighted by Gasteiger charge is -2.22. The molecule has 1 fully saturated rings. The molecule has 8 heteroatoms. The van der Waals surface area contributed by atoms with Gasteiger partial charge in [0.1, 0.15) is 6.04 Å². The molecule has 1 aromatic rings. The number of likely N-dealkylation sites (tertiary alicyclic amines) is 1. The first-order valence-electron chi connectivity index (χ1n) is 6.89. The summed E-state index contributed by atoms with van der Waals surface area (Å²) in [4.78, 5) is 33.9. The van der Waals surface area contributed by atoms with Crippen molar-refractivity contribution >= 4 is 12.0 Å². The Balaban J connectivity index is 1.91. The van der Waals surface area contributed by atoms with Crippen LogP contribution < -0.4 is 5.32 Å². The number of amides is 2. The summed E-state index contributed by atoms with van der Waals surface area (Å²) in [5.41, 5.74) is 0.676. The smallest absolute Gasteiger partial charge is 0.326 e. The summed E-state index contributed by atoms with van der Waals surface area (Å²) in [6, 6.07) is -0.964. The van der Waals surface area contributed by atoms with Crippen LogP contribution in [-0.2, 0) is 11.2 Å².